The number of rotatable bonds is 3. The van der Waals surface area contributed by atoms with E-state index in [9.17, 15) is 19.2 Å². The molecule has 9 nitrogen and oxygen atoms in total. The van der Waals surface area contributed by atoms with Crippen molar-refractivity contribution in [3.63, 3.8) is 0 Å². The van der Waals surface area contributed by atoms with E-state index in [1.165, 1.54) is 0 Å². The Morgan fingerprint density at radius 1 is 1.07 bits per heavy atom. The standard InChI is InChI=1S/C21H24N4O5/c26-18-4-3-15(19(27)23-18)25-20(28)13-2-1-12(9-14(13)21(25)29)11-24-7-8-30-17-5-6-22-10-16(17)24/h1-2,9,15-17,22H,3-8,10-11H2,(H,23,26,27)/t15?,16-,17+/m1/s1. The van der Waals surface area contributed by atoms with Crippen LogP contribution in [0.15, 0.2) is 18.2 Å². The highest BCUT2D eigenvalue weighted by molar-refractivity contribution is 6.23. The summed E-state index contributed by atoms with van der Waals surface area (Å²) in [7, 11) is 0. The van der Waals surface area contributed by atoms with Crippen molar-refractivity contribution < 1.29 is 23.9 Å². The van der Waals surface area contributed by atoms with Gasteiger partial charge in [0.2, 0.25) is 11.8 Å². The molecule has 158 valence electrons. The minimum atomic E-state index is -0.938. The number of hydrogen-bond acceptors (Lipinski definition) is 7. The molecule has 2 N–H and O–H groups in total. The van der Waals surface area contributed by atoms with Crippen LogP contribution in [-0.2, 0) is 20.9 Å². The fourth-order valence-electron chi connectivity index (χ4n) is 4.91. The highest BCUT2D eigenvalue weighted by Gasteiger charge is 2.44. The van der Waals surface area contributed by atoms with Gasteiger partial charge in [-0.25, -0.2) is 0 Å². The lowest BCUT2D eigenvalue weighted by molar-refractivity contribution is -0.136. The fourth-order valence-corrected chi connectivity index (χ4v) is 4.91. The summed E-state index contributed by atoms with van der Waals surface area (Å²) >= 11 is 0. The number of imide groups is 2. The van der Waals surface area contributed by atoms with Crippen LogP contribution in [0, 0.1) is 0 Å². The van der Waals surface area contributed by atoms with Gasteiger partial charge in [0.25, 0.3) is 11.8 Å². The fraction of sp³-hybridized carbons (Fsp3) is 0.524. The summed E-state index contributed by atoms with van der Waals surface area (Å²) in [6, 6.07) is 4.67. The van der Waals surface area contributed by atoms with Crippen LogP contribution in [0.2, 0.25) is 0 Å². The summed E-state index contributed by atoms with van der Waals surface area (Å²) < 4.78 is 5.90. The average Bonchev–Trinajstić information content (AvgIpc) is 2.99. The van der Waals surface area contributed by atoms with Crippen molar-refractivity contribution in [1.29, 1.82) is 0 Å². The number of ether oxygens (including phenoxy) is 1. The Balaban J connectivity index is 1.36. The van der Waals surface area contributed by atoms with Crippen molar-refractivity contribution in [3.8, 4) is 0 Å². The van der Waals surface area contributed by atoms with Crippen LogP contribution in [0.1, 0.15) is 45.5 Å². The number of amides is 4. The molecule has 0 radical (unpaired) electrons. The van der Waals surface area contributed by atoms with Gasteiger partial charge in [-0.15, -0.1) is 0 Å². The van der Waals surface area contributed by atoms with E-state index >= 15 is 0 Å². The molecule has 4 heterocycles. The molecule has 30 heavy (non-hydrogen) atoms. The third-order valence-corrected chi connectivity index (χ3v) is 6.46. The Morgan fingerprint density at radius 3 is 2.73 bits per heavy atom. The molecule has 1 aromatic rings. The number of carbonyl (C=O) groups is 4. The first-order chi connectivity index (χ1) is 14.5. The van der Waals surface area contributed by atoms with Crippen LogP contribution in [0.25, 0.3) is 0 Å². The van der Waals surface area contributed by atoms with Crippen molar-refractivity contribution in [2.45, 2.75) is 44.0 Å². The van der Waals surface area contributed by atoms with Gasteiger partial charge in [0.15, 0.2) is 0 Å². The first-order valence-electron chi connectivity index (χ1n) is 10.4. The summed E-state index contributed by atoms with van der Waals surface area (Å²) in [6.07, 6.45) is 1.48. The van der Waals surface area contributed by atoms with Gasteiger partial charge in [-0.05, 0) is 37.1 Å². The van der Waals surface area contributed by atoms with Crippen molar-refractivity contribution in [2.75, 3.05) is 26.2 Å². The van der Waals surface area contributed by atoms with Crippen molar-refractivity contribution >= 4 is 23.6 Å². The van der Waals surface area contributed by atoms with Crippen LogP contribution >= 0.6 is 0 Å². The van der Waals surface area contributed by atoms with Gasteiger partial charge in [-0.2, -0.15) is 0 Å². The van der Waals surface area contributed by atoms with Gasteiger partial charge in [0, 0.05) is 32.1 Å². The smallest absolute Gasteiger partial charge is 0.262 e. The van der Waals surface area contributed by atoms with Crippen LogP contribution in [0.5, 0.6) is 0 Å². The summed E-state index contributed by atoms with van der Waals surface area (Å²) in [4.78, 5) is 52.8. The minimum Gasteiger partial charge on any atom is -0.375 e. The second-order valence-electron chi connectivity index (χ2n) is 8.27. The molecule has 1 aromatic carbocycles. The third kappa shape index (κ3) is 3.23. The highest BCUT2D eigenvalue weighted by Crippen LogP contribution is 2.29. The summed E-state index contributed by atoms with van der Waals surface area (Å²) in [6.45, 7) is 4.00. The lowest BCUT2D eigenvalue weighted by Gasteiger charge is -2.44. The maximum absolute atomic E-state index is 13.0. The number of fused-ring (bicyclic) bond motifs is 2. The summed E-state index contributed by atoms with van der Waals surface area (Å²) in [5.41, 5.74) is 1.59. The van der Waals surface area contributed by atoms with Crippen LogP contribution in [0.4, 0.5) is 0 Å². The first kappa shape index (κ1) is 19.3. The molecule has 4 amide bonds. The number of hydrogen-bond donors (Lipinski definition) is 2. The topological polar surface area (TPSA) is 108 Å². The highest BCUT2D eigenvalue weighted by atomic mass is 16.5. The maximum Gasteiger partial charge on any atom is 0.262 e. The molecule has 5 rings (SSSR count). The largest absolute Gasteiger partial charge is 0.375 e. The lowest BCUT2D eigenvalue weighted by Crippen LogP contribution is -2.58. The Bertz CT molecular complexity index is 930. The van der Waals surface area contributed by atoms with E-state index in [1.54, 1.807) is 12.1 Å². The normalized spacial score (nSPS) is 29.6. The molecule has 9 heteroatoms. The predicted molar refractivity (Wildman–Crippen MR) is 105 cm³/mol. The van der Waals surface area contributed by atoms with E-state index in [4.69, 9.17) is 4.74 Å². The van der Waals surface area contributed by atoms with E-state index in [0.717, 1.165) is 36.5 Å². The number of piperidine rings is 2. The zero-order chi connectivity index (χ0) is 20.8. The molecular formula is C21H24N4O5. The van der Waals surface area contributed by atoms with Gasteiger partial charge in [-0.3, -0.25) is 34.3 Å². The Kier molecular flexibility index (Phi) is 4.88. The Labute approximate surface area is 173 Å². The summed E-state index contributed by atoms with van der Waals surface area (Å²) in [5, 5.41) is 5.63. The molecule has 0 spiro atoms. The predicted octanol–water partition coefficient (Wildman–Crippen LogP) is -0.349. The van der Waals surface area contributed by atoms with Gasteiger partial charge < -0.3 is 10.1 Å². The van der Waals surface area contributed by atoms with Crippen LogP contribution in [0.3, 0.4) is 0 Å². The molecule has 0 aliphatic carbocycles. The van der Waals surface area contributed by atoms with Gasteiger partial charge in [0.05, 0.1) is 23.8 Å². The lowest BCUT2D eigenvalue weighted by atomic mass is 9.99. The zero-order valence-electron chi connectivity index (χ0n) is 16.6. The second kappa shape index (κ2) is 7.57. The zero-order valence-corrected chi connectivity index (χ0v) is 16.6. The van der Waals surface area contributed by atoms with Crippen molar-refractivity contribution in [3.05, 3.63) is 34.9 Å². The first-order valence-corrected chi connectivity index (χ1v) is 10.4. The molecule has 0 aromatic heterocycles. The molecular weight excluding hydrogens is 388 g/mol. The monoisotopic (exact) mass is 412 g/mol. The molecule has 4 aliphatic rings. The second-order valence-corrected chi connectivity index (χ2v) is 8.27. The number of benzene rings is 1. The number of carbonyl (C=O) groups excluding carboxylic acids is 4. The van der Waals surface area contributed by atoms with Crippen molar-refractivity contribution in [2.24, 2.45) is 0 Å². The van der Waals surface area contributed by atoms with Crippen molar-refractivity contribution in [1.82, 2.24) is 20.4 Å². The number of nitrogens with zero attached hydrogens (tertiary/aromatic N) is 2. The van der Waals surface area contributed by atoms with Crippen LogP contribution in [-0.4, -0.2) is 77.9 Å². The quantitative estimate of drug-likeness (QED) is 0.654. The number of morpholine rings is 1. The minimum absolute atomic E-state index is 0.114. The van der Waals surface area contributed by atoms with Gasteiger partial charge in [-0.1, -0.05) is 6.07 Å². The molecule has 3 fully saturated rings. The van der Waals surface area contributed by atoms with E-state index in [-0.39, 0.29) is 30.9 Å². The molecule has 3 atom stereocenters. The maximum atomic E-state index is 13.0. The molecule has 0 saturated carbocycles. The Hall–Kier alpha value is -2.62. The number of nitrogens with one attached hydrogen (secondary N) is 2. The molecule has 0 bridgehead atoms. The molecule has 3 saturated heterocycles. The van der Waals surface area contributed by atoms with Crippen LogP contribution < -0.4 is 10.6 Å². The Morgan fingerprint density at radius 2 is 1.90 bits per heavy atom. The third-order valence-electron chi connectivity index (χ3n) is 6.46. The SMILES string of the molecule is O=C1CCC(N2C(=O)c3ccc(CN4CCO[C@H]5CCNC[C@H]54)cc3C2=O)C(=O)N1. The van der Waals surface area contributed by atoms with E-state index in [1.807, 2.05) is 6.07 Å². The summed E-state index contributed by atoms with van der Waals surface area (Å²) in [5.74, 6) is -1.91. The van der Waals surface area contributed by atoms with Gasteiger partial charge in [0.1, 0.15) is 6.04 Å². The van der Waals surface area contributed by atoms with E-state index < -0.39 is 23.8 Å². The van der Waals surface area contributed by atoms with Gasteiger partial charge >= 0.3 is 0 Å². The van der Waals surface area contributed by atoms with E-state index in [0.29, 0.717) is 24.3 Å². The molecule has 4 aliphatic heterocycles. The van der Waals surface area contributed by atoms with E-state index in [2.05, 4.69) is 15.5 Å². The average molecular weight is 412 g/mol. The molecule has 1 unspecified atom stereocenters.